The number of alkyl halides is 1. The van der Waals surface area contributed by atoms with E-state index in [1.54, 1.807) is 0 Å². The molecule has 0 aromatic heterocycles. The van der Waals surface area contributed by atoms with Crippen molar-refractivity contribution in [3.05, 3.63) is 35.4 Å². The second kappa shape index (κ2) is 4.24. The van der Waals surface area contributed by atoms with E-state index >= 15 is 0 Å². The summed E-state index contributed by atoms with van der Waals surface area (Å²) in [6, 6.07) is 7.33. The highest BCUT2D eigenvalue weighted by atomic mass is 19.1. The molecule has 16 heavy (non-hydrogen) atoms. The molecule has 0 aliphatic heterocycles. The number of hydrogen-bond donors (Lipinski definition) is 1. The standard InChI is InChI=1S/C13H15FO2/c14-9-6-10-2-4-11(5-3-10)13(12(15)16)7-1-8-13/h2-5H,1,6-9H2,(H,15,16). The van der Waals surface area contributed by atoms with Crippen LogP contribution in [0.4, 0.5) is 4.39 Å². The highest BCUT2D eigenvalue weighted by Crippen LogP contribution is 2.43. The molecule has 1 aliphatic carbocycles. The van der Waals surface area contributed by atoms with Crippen molar-refractivity contribution in [3.8, 4) is 0 Å². The van der Waals surface area contributed by atoms with E-state index < -0.39 is 11.4 Å². The molecule has 0 amide bonds. The number of halogens is 1. The van der Waals surface area contributed by atoms with Gasteiger partial charge in [0.2, 0.25) is 0 Å². The van der Waals surface area contributed by atoms with E-state index in [0.717, 1.165) is 17.5 Å². The second-order valence-electron chi connectivity index (χ2n) is 4.38. The Morgan fingerprint density at radius 1 is 1.31 bits per heavy atom. The molecule has 1 saturated carbocycles. The third-order valence-corrected chi connectivity index (χ3v) is 3.51. The summed E-state index contributed by atoms with van der Waals surface area (Å²) in [6.07, 6.45) is 2.80. The zero-order chi connectivity index (χ0) is 11.6. The predicted octanol–water partition coefficient (Wildman–Crippen LogP) is 2.70. The van der Waals surface area contributed by atoms with Gasteiger partial charge in [-0.15, -0.1) is 0 Å². The Kier molecular flexibility index (Phi) is 2.95. The summed E-state index contributed by atoms with van der Waals surface area (Å²) in [5.41, 5.74) is 1.11. The lowest BCUT2D eigenvalue weighted by Gasteiger charge is -2.38. The van der Waals surface area contributed by atoms with Crippen LogP contribution in [0, 0.1) is 0 Å². The van der Waals surface area contributed by atoms with Crippen molar-refractivity contribution in [3.63, 3.8) is 0 Å². The van der Waals surface area contributed by atoms with Crippen molar-refractivity contribution in [2.24, 2.45) is 0 Å². The number of carboxylic acid groups (broad SMARTS) is 1. The Morgan fingerprint density at radius 2 is 1.94 bits per heavy atom. The number of benzene rings is 1. The lowest BCUT2D eigenvalue weighted by Crippen LogP contribution is -2.42. The molecule has 0 radical (unpaired) electrons. The molecule has 1 aromatic carbocycles. The maximum atomic E-state index is 12.1. The second-order valence-corrected chi connectivity index (χ2v) is 4.38. The average molecular weight is 222 g/mol. The monoisotopic (exact) mass is 222 g/mol. The lowest BCUT2D eigenvalue weighted by atomic mass is 9.64. The molecule has 1 N–H and O–H groups in total. The highest BCUT2D eigenvalue weighted by molar-refractivity contribution is 5.82. The predicted molar refractivity (Wildman–Crippen MR) is 59.3 cm³/mol. The number of carbonyl (C=O) groups is 1. The first-order valence-electron chi connectivity index (χ1n) is 5.58. The van der Waals surface area contributed by atoms with Crippen molar-refractivity contribution < 1.29 is 14.3 Å². The summed E-state index contributed by atoms with van der Waals surface area (Å²) >= 11 is 0. The van der Waals surface area contributed by atoms with Crippen LogP contribution in [0.15, 0.2) is 24.3 Å². The molecular formula is C13H15FO2. The molecule has 0 saturated heterocycles. The molecule has 0 spiro atoms. The molecule has 0 bridgehead atoms. The molecular weight excluding hydrogens is 207 g/mol. The Balaban J connectivity index is 2.23. The summed E-state index contributed by atoms with van der Waals surface area (Å²) in [5.74, 6) is -0.739. The van der Waals surface area contributed by atoms with Crippen molar-refractivity contribution in [1.29, 1.82) is 0 Å². The van der Waals surface area contributed by atoms with E-state index in [2.05, 4.69) is 0 Å². The van der Waals surface area contributed by atoms with E-state index in [1.165, 1.54) is 0 Å². The van der Waals surface area contributed by atoms with E-state index in [4.69, 9.17) is 0 Å². The van der Waals surface area contributed by atoms with Crippen molar-refractivity contribution in [2.45, 2.75) is 31.1 Å². The van der Waals surface area contributed by atoms with E-state index in [0.29, 0.717) is 19.3 Å². The van der Waals surface area contributed by atoms with Gasteiger partial charge >= 0.3 is 5.97 Å². The van der Waals surface area contributed by atoms with Gasteiger partial charge in [0.1, 0.15) is 0 Å². The first-order chi connectivity index (χ1) is 7.69. The van der Waals surface area contributed by atoms with Gasteiger partial charge in [0.25, 0.3) is 0 Å². The first-order valence-corrected chi connectivity index (χ1v) is 5.58. The first kappa shape index (κ1) is 11.1. The summed E-state index contributed by atoms with van der Waals surface area (Å²) in [4.78, 5) is 11.3. The van der Waals surface area contributed by atoms with Crippen LogP contribution in [0.3, 0.4) is 0 Å². The molecule has 0 atom stereocenters. The number of hydrogen-bond acceptors (Lipinski definition) is 1. The van der Waals surface area contributed by atoms with E-state index in [-0.39, 0.29) is 6.67 Å². The van der Waals surface area contributed by atoms with Gasteiger partial charge in [0, 0.05) is 6.42 Å². The third kappa shape index (κ3) is 1.70. The van der Waals surface area contributed by atoms with Gasteiger partial charge in [-0.1, -0.05) is 30.7 Å². The van der Waals surface area contributed by atoms with Crippen LogP contribution in [0.2, 0.25) is 0 Å². The smallest absolute Gasteiger partial charge is 0.314 e. The Labute approximate surface area is 94.1 Å². The fourth-order valence-corrected chi connectivity index (χ4v) is 2.26. The number of aryl methyl sites for hydroxylation is 1. The largest absolute Gasteiger partial charge is 0.481 e. The number of rotatable bonds is 4. The van der Waals surface area contributed by atoms with Crippen LogP contribution in [0.25, 0.3) is 0 Å². The molecule has 86 valence electrons. The number of aliphatic carboxylic acids is 1. The molecule has 1 aromatic rings. The summed E-state index contributed by atoms with van der Waals surface area (Å²) in [5, 5.41) is 9.25. The van der Waals surface area contributed by atoms with Crippen molar-refractivity contribution in [1.82, 2.24) is 0 Å². The zero-order valence-corrected chi connectivity index (χ0v) is 9.08. The maximum absolute atomic E-state index is 12.1. The van der Waals surface area contributed by atoms with Gasteiger partial charge in [-0.3, -0.25) is 9.18 Å². The normalized spacial score (nSPS) is 17.8. The minimum absolute atomic E-state index is 0.372. The third-order valence-electron chi connectivity index (χ3n) is 3.51. The summed E-state index contributed by atoms with van der Waals surface area (Å²) in [7, 11) is 0. The summed E-state index contributed by atoms with van der Waals surface area (Å²) < 4.78 is 12.1. The van der Waals surface area contributed by atoms with Crippen LogP contribution in [-0.2, 0) is 16.6 Å². The topological polar surface area (TPSA) is 37.3 Å². The van der Waals surface area contributed by atoms with Crippen molar-refractivity contribution in [2.75, 3.05) is 6.67 Å². The minimum Gasteiger partial charge on any atom is -0.481 e. The van der Waals surface area contributed by atoms with Gasteiger partial charge < -0.3 is 5.11 Å². The Bertz CT molecular complexity index is 379. The van der Waals surface area contributed by atoms with Gasteiger partial charge in [-0.2, -0.15) is 0 Å². The van der Waals surface area contributed by atoms with E-state index in [9.17, 15) is 14.3 Å². The Morgan fingerprint density at radius 3 is 2.31 bits per heavy atom. The zero-order valence-electron chi connectivity index (χ0n) is 9.08. The number of carboxylic acids is 1. The van der Waals surface area contributed by atoms with Gasteiger partial charge in [0.05, 0.1) is 12.1 Å². The molecule has 0 unspecified atom stereocenters. The highest BCUT2D eigenvalue weighted by Gasteiger charge is 2.45. The molecule has 0 heterocycles. The minimum atomic E-state index is -0.739. The van der Waals surface area contributed by atoms with Crippen molar-refractivity contribution >= 4 is 5.97 Å². The van der Waals surface area contributed by atoms with Gasteiger partial charge in [-0.05, 0) is 24.0 Å². The van der Waals surface area contributed by atoms with Gasteiger partial charge in [-0.25, -0.2) is 0 Å². The SMILES string of the molecule is O=C(O)C1(c2ccc(CCF)cc2)CCC1. The molecule has 1 fully saturated rings. The summed E-state index contributed by atoms with van der Waals surface area (Å²) in [6.45, 7) is -0.372. The van der Waals surface area contributed by atoms with Crippen LogP contribution in [0.1, 0.15) is 30.4 Å². The molecule has 2 nitrogen and oxygen atoms in total. The molecule has 3 heteroatoms. The lowest BCUT2D eigenvalue weighted by molar-refractivity contribution is -0.147. The quantitative estimate of drug-likeness (QED) is 0.850. The fraction of sp³-hybridized carbons (Fsp3) is 0.462. The van der Waals surface area contributed by atoms with E-state index in [1.807, 2.05) is 24.3 Å². The molecule has 1 aliphatic rings. The average Bonchev–Trinajstić information content (AvgIpc) is 2.18. The maximum Gasteiger partial charge on any atom is 0.314 e. The van der Waals surface area contributed by atoms with Crippen LogP contribution >= 0.6 is 0 Å². The fourth-order valence-electron chi connectivity index (χ4n) is 2.26. The van der Waals surface area contributed by atoms with Crippen LogP contribution in [-0.4, -0.2) is 17.8 Å². The van der Waals surface area contributed by atoms with Crippen LogP contribution in [0.5, 0.6) is 0 Å². The van der Waals surface area contributed by atoms with Crippen LogP contribution < -0.4 is 0 Å². The Hall–Kier alpha value is -1.38. The van der Waals surface area contributed by atoms with Gasteiger partial charge in [0.15, 0.2) is 0 Å². The molecule has 2 rings (SSSR count).